The highest BCUT2D eigenvalue weighted by Gasteiger charge is 2.30. The summed E-state index contributed by atoms with van der Waals surface area (Å²) in [5, 5.41) is 5.31. The van der Waals surface area contributed by atoms with Gasteiger partial charge >= 0.3 is 6.18 Å². The van der Waals surface area contributed by atoms with Gasteiger partial charge in [-0.15, -0.1) is 0 Å². The Balaban J connectivity index is 1.81. The molecule has 1 aromatic carbocycles. The number of anilines is 2. The Morgan fingerprint density at radius 1 is 1.30 bits per heavy atom. The number of hydrogen-bond donors (Lipinski definition) is 2. The molecule has 0 spiro atoms. The summed E-state index contributed by atoms with van der Waals surface area (Å²) in [6.07, 6.45) is -4.99. The van der Waals surface area contributed by atoms with Gasteiger partial charge in [0.2, 0.25) is 0 Å². The van der Waals surface area contributed by atoms with Crippen molar-refractivity contribution in [3.05, 3.63) is 41.2 Å². The number of halogens is 3. The van der Waals surface area contributed by atoms with Crippen molar-refractivity contribution in [2.45, 2.75) is 39.6 Å². The van der Waals surface area contributed by atoms with Crippen LogP contribution in [0.5, 0.6) is 5.75 Å². The molecule has 1 aliphatic rings. The Morgan fingerprint density at radius 2 is 2.00 bits per heavy atom. The van der Waals surface area contributed by atoms with Crippen LogP contribution in [0.2, 0.25) is 0 Å². The van der Waals surface area contributed by atoms with E-state index in [1.807, 2.05) is 0 Å². The fourth-order valence-electron chi connectivity index (χ4n) is 2.94. The minimum atomic E-state index is -4.38. The second-order valence-electron chi connectivity index (χ2n) is 6.40. The van der Waals surface area contributed by atoms with Gasteiger partial charge in [0.05, 0.1) is 11.3 Å². The molecule has 2 aromatic rings. The number of carbonyl (C=O) groups excluding carboxylic acids is 2. The average Bonchev–Trinajstić information content (AvgIpc) is 2.83. The quantitative estimate of drug-likeness (QED) is 0.853. The van der Waals surface area contributed by atoms with E-state index in [2.05, 4.69) is 10.6 Å². The Hall–Kier alpha value is -2.97. The lowest BCUT2D eigenvalue weighted by Crippen LogP contribution is -2.34. The van der Waals surface area contributed by atoms with Gasteiger partial charge in [0, 0.05) is 17.1 Å². The van der Waals surface area contributed by atoms with Crippen molar-refractivity contribution in [2.75, 3.05) is 10.6 Å². The van der Waals surface area contributed by atoms with Crippen molar-refractivity contribution in [1.82, 2.24) is 4.57 Å². The molecule has 3 rings (SSSR count). The van der Waals surface area contributed by atoms with Crippen molar-refractivity contribution in [1.29, 1.82) is 0 Å². The van der Waals surface area contributed by atoms with E-state index in [9.17, 15) is 22.8 Å². The lowest BCUT2D eigenvalue weighted by atomic mass is 10.2. The van der Waals surface area contributed by atoms with Crippen LogP contribution >= 0.6 is 0 Å². The van der Waals surface area contributed by atoms with Gasteiger partial charge in [-0.05, 0) is 45.0 Å². The standard InChI is InChI=1S/C18H18F3N3O3/c1-9-6-13(10(2)24(9)8-18(19,20)21)17(26)22-12-4-5-15-14(7-12)23-16(25)11(3)27-15/h4-7,11H,8H2,1-3H3,(H,22,26)(H,23,25). The molecule has 2 heterocycles. The van der Waals surface area contributed by atoms with Crippen molar-refractivity contribution in [3.8, 4) is 5.75 Å². The zero-order chi connectivity index (χ0) is 19.9. The third-order valence-electron chi connectivity index (χ3n) is 4.32. The number of nitrogens with one attached hydrogen (secondary N) is 2. The molecule has 0 fully saturated rings. The smallest absolute Gasteiger partial charge is 0.406 e. The fourth-order valence-corrected chi connectivity index (χ4v) is 2.94. The Bertz CT molecular complexity index is 919. The van der Waals surface area contributed by atoms with Gasteiger partial charge in [-0.25, -0.2) is 0 Å². The van der Waals surface area contributed by atoms with Gasteiger partial charge in [0.25, 0.3) is 11.8 Å². The molecule has 0 radical (unpaired) electrons. The van der Waals surface area contributed by atoms with Gasteiger partial charge in [0.1, 0.15) is 12.3 Å². The number of rotatable bonds is 3. The highest BCUT2D eigenvalue weighted by atomic mass is 19.4. The predicted molar refractivity (Wildman–Crippen MR) is 93.1 cm³/mol. The molecule has 0 aliphatic carbocycles. The highest BCUT2D eigenvalue weighted by Crippen LogP contribution is 2.32. The number of nitrogens with zero attached hydrogens (tertiary/aromatic N) is 1. The second-order valence-corrected chi connectivity index (χ2v) is 6.40. The van der Waals surface area contributed by atoms with E-state index in [1.165, 1.54) is 26.0 Å². The minimum absolute atomic E-state index is 0.156. The first kappa shape index (κ1) is 18.8. The fraction of sp³-hybridized carbons (Fsp3) is 0.333. The lowest BCUT2D eigenvalue weighted by Gasteiger charge is -2.23. The molecule has 0 saturated carbocycles. The largest absolute Gasteiger partial charge is 0.479 e. The topological polar surface area (TPSA) is 72.4 Å². The van der Waals surface area contributed by atoms with Crippen LogP contribution in [0.3, 0.4) is 0 Å². The molecule has 1 aliphatic heterocycles. The summed E-state index contributed by atoms with van der Waals surface area (Å²) in [5.41, 5.74) is 1.53. The van der Waals surface area contributed by atoms with E-state index < -0.39 is 24.7 Å². The molecule has 1 aromatic heterocycles. The number of fused-ring (bicyclic) bond motifs is 1. The van der Waals surface area contributed by atoms with Gasteiger partial charge in [-0.3, -0.25) is 9.59 Å². The summed E-state index contributed by atoms with van der Waals surface area (Å²) in [5.74, 6) is -0.363. The molecule has 0 saturated heterocycles. The molecule has 144 valence electrons. The van der Waals surface area contributed by atoms with Crippen molar-refractivity contribution >= 4 is 23.2 Å². The van der Waals surface area contributed by atoms with Crippen molar-refractivity contribution in [3.63, 3.8) is 0 Å². The van der Waals surface area contributed by atoms with Gasteiger partial charge in [-0.1, -0.05) is 0 Å². The molecule has 0 bridgehead atoms. The number of hydrogen-bond acceptors (Lipinski definition) is 3. The van der Waals surface area contributed by atoms with E-state index in [4.69, 9.17) is 4.74 Å². The summed E-state index contributed by atoms with van der Waals surface area (Å²) in [6.45, 7) is 3.45. The van der Waals surface area contributed by atoms with E-state index in [-0.39, 0.29) is 17.2 Å². The Labute approximate surface area is 153 Å². The average molecular weight is 381 g/mol. The number of ether oxygens (including phenoxy) is 1. The third-order valence-corrected chi connectivity index (χ3v) is 4.32. The third kappa shape index (κ3) is 3.91. The number of amides is 2. The highest BCUT2D eigenvalue weighted by molar-refractivity contribution is 6.06. The molecule has 2 amide bonds. The number of aromatic nitrogens is 1. The van der Waals surface area contributed by atoms with E-state index in [0.29, 0.717) is 22.8 Å². The van der Waals surface area contributed by atoms with Crippen LogP contribution < -0.4 is 15.4 Å². The molecule has 1 atom stereocenters. The summed E-state index contributed by atoms with van der Waals surface area (Å²) in [4.78, 5) is 24.2. The minimum Gasteiger partial charge on any atom is -0.479 e. The van der Waals surface area contributed by atoms with Crippen LogP contribution in [0.1, 0.15) is 28.7 Å². The van der Waals surface area contributed by atoms with Crippen LogP contribution in [-0.4, -0.2) is 28.7 Å². The number of carbonyl (C=O) groups is 2. The van der Waals surface area contributed by atoms with Crippen LogP contribution in [-0.2, 0) is 11.3 Å². The first-order valence-corrected chi connectivity index (χ1v) is 8.21. The molecular formula is C18H18F3N3O3. The summed E-state index contributed by atoms with van der Waals surface area (Å²) in [7, 11) is 0. The van der Waals surface area contributed by atoms with Gasteiger partial charge in [0.15, 0.2) is 6.10 Å². The summed E-state index contributed by atoms with van der Waals surface area (Å²) >= 11 is 0. The number of benzene rings is 1. The van der Waals surface area contributed by atoms with Gasteiger partial charge in [-0.2, -0.15) is 13.2 Å². The van der Waals surface area contributed by atoms with E-state index in [1.54, 1.807) is 19.1 Å². The predicted octanol–water partition coefficient (Wildman–Crippen LogP) is 3.64. The molecule has 2 N–H and O–H groups in total. The summed E-state index contributed by atoms with van der Waals surface area (Å²) in [6, 6.07) is 6.15. The van der Waals surface area contributed by atoms with E-state index in [0.717, 1.165) is 4.57 Å². The van der Waals surface area contributed by atoms with Crippen molar-refractivity contribution < 1.29 is 27.5 Å². The maximum absolute atomic E-state index is 12.7. The zero-order valence-corrected chi connectivity index (χ0v) is 14.9. The molecular weight excluding hydrogens is 363 g/mol. The van der Waals surface area contributed by atoms with Crippen LogP contribution in [0, 0.1) is 13.8 Å². The molecule has 9 heteroatoms. The Morgan fingerprint density at radius 3 is 2.67 bits per heavy atom. The van der Waals surface area contributed by atoms with Crippen LogP contribution in [0.25, 0.3) is 0 Å². The maximum Gasteiger partial charge on any atom is 0.406 e. The molecule has 1 unspecified atom stereocenters. The normalized spacial score (nSPS) is 16.4. The second kappa shape index (κ2) is 6.64. The number of aryl methyl sites for hydroxylation is 1. The lowest BCUT2D eigenvalue weighted by molar-refractivity contribution is -0.141. The monoisotopic (exact) mass is 381 g/mol. The van der Waals surface area contributed by atoms with Crippen molar-refractivity contribution in [2.24, 2.45) is 0 Å². The maximum atomic E-state index is 12.7. The zero-order valence-electron chi connectivity index (χ0n) is 14.9. The first-order valence-electron chi connectivity index (χ1n) is 8.21. The summed E-state index contributed by atoms with van der Waals surface area (Å²) < 4.78 is 44.6. The SMILES string of the molecule is Cc1cc(C(=O)Nc2ccc3c(c2)NC(=O)C(C)O3)c(C)n1CC(F)(F)F. The molecule has 6 nitrogen and oxygen atoms in total. The van der Waals surface area contributed by atoms with Crippen LogP contribution in [0.4, 0.5) is 24.5 Å². The van der Waals surface area contributed by atoms with Crippen LogP contribution in [0.15, 0.2) is 24.3 Å². The first-order chi connectivity index (χ1) is 12.5. The Kier molecular flexibility index (Phi) is 4.63. The van der Waals surface area contributed by atoms with E-state index >= 15 is 0 Å². The number of alkyl halides is 3. The van der Waals surface area contributed by atoms with Gasteiger partial charge < -0.3 is 19.9 Å². The molecule has 27 heavy (non-hydrogen) atoms.